The van der Waals surface area contributed by atoms with Crippen molar-refractivity contribution in [2.24, 2.45) is 11.8 Å². The van der Waals surface area contributed by atoms with Crippen LogP contribution in [-0.4, -0.2) is 24.0 Å². The number of nitrogens with one attached hydrogen (secondary N) is 2. The lowest BCUT2D eigenvalue weighted by Gasteiger charge is -2.37. The number of carbonyl (C=O) groups excluding carboxylic acids is 1. The molecule has 0 bridgehead atoms. The van der Waals surface area contributed by atoms with Crippen LogP contribution in [0.25, 0.3) is 0 Å². The van der Waals surface area contributed by atoms with Crippen LogP contribution in [0, 0.1) is 11.8 Å². The molecule has 4 unspecified atom stereocenters. The zero-order valence-corrected chi connectivity index (χ0v) is 12.1. The second-order valence-corrected chi connectivity index (χ2v) is 6.65. The molecule has 2 fully saturated rings. The van der Waals surface area contributed by atoms with Gasteiger partial charge in [-0.3, -0.25) is 4.79 Å². The highest BCUT2D eigenvalue weighted by Crippen LogP contribution is 2.30. The molecule has 1 amide bonds. The molecule has 2 aliphatic rings. The topological polar surface area (TPSA) is 41.1 Å². The van der Waals surface area contributed by atoms with Gasteiger partial charge in [0.15, 0.2) is 0 Å². The first-order valence-electron chi connectivity index (χ1n) is 7.57. The van der Waals surface area contributed by atoms with Gasteiger partial charge in [-0.15, -0.1) is 0 Å². The molecule has 2 rings (SSSR count). The molecule has 1 aliphatic carbocycles. The van der Waals surface area contributed by atoms with E-state index in [4.69, 9.17) is 0 Å². The van der Waals surface area contributed by atoms with Gasteiger partial charge < -0.3 is 10.6 Å². The number of amides is 1. The summed E-state index contributed by atoms with van der Waals surface area (Å²) in [5.41, 5.74) is -0.329. The van der Waals surface area contributed by atoms with Crippen molar-refractivity contribution >= 4 is 5.91 Å². The lowest BCUT2D eigenvalue weighted by molar-refractivity contribution is -0.129. The smallest absolute Gasteiger partial charge is 0.240 e. The molecule has 1 aliphatic heterocycles. The molecule has 3 heteroatoms. The van der Waals surface area contributed by atoms with Gasteiger partial charge in [-0.1, -0.05) is 13.8 Å². The van der Waals surface area contributed by atoms with Gasteiger partial charge in [0.2, 0.25) is 5.91 Å². The Morgan fingerprint density at radius 3 is 2.61 bits per heavy atom. The molecule has 1 saturated carbocycles. The summed E-state index contributed by atoms with van der Waals surface area (Å²) >= 11 is 0. The Morgan fingerprint density at radius 1 is 1.22 bits per heavy atom. The van der Waals surface area contributed by atoms with Crippen molar-refractivity contribution in [3.8, 4) is 0 Å². The van der Waals surface area contributed by atoms with E-state index in [-0.39, 0.29) is 11.4 Å². The zero-order valence-electron chi connectivity index (χ0n) is 12.1. The largest absolute Gasteiger partial charge is 0.352 e. The lowest BCUT2D eigenvalue weighted by Crippen LogP contribution is -2.59. The quantitative estimate of drug-likeness (QED) is 0.792. The molecule has 0 aromatic rings. The summed E-state index contributed by atoms with van der Waals surface area (Å²) in [4.78, 5) is 12.4. The van der Waals surface area contributed by atoms with Gasteiger partial charge in [0, 0.05) is 6.04 Å². The van der Waals surface area contributed by atoms with Crippen LogP contribution in [0.1, 0.15) is 59.3 Å². The SMILES string of the molecule is CC1CCC(NC(=O)C2(C)CCCCN2)CC1C. The number of piperidine rings is 1. The highest BCUT2D eigenvalue weighted by Gasteiger charge is 2.36. The molecule has 3 nitrogen and oxygen atoms in total. The maximum absolute atomic E-state index is 12.4. The van der Waals surface area contributed by atoms with E-state index in [9.17, 15) is 4.79 Å². The lowest BCUT2D eigenvalue weighted by atomic mass is 9.78. The molecular formula is C15H28N2O. The maximum atomic E-state index is 12.4. The first-order chi connectivity index (χ1) is 8.51. The van der Waals surface area contributed by atoms with E-state index >= 15 is 0 Å². The normalized spacial score (nSPS) is 41.4. The average Bonchev–Trinajstić information content (AvgIpc) is 2.35. The Bertz CT molecular complexity index is 297. The maximum Gasteiger partial charge on any atom is 0.240 e. The van der Waals surface area contributed by atoms with Crippen molar-refractivity contribution in [1.29, 1.82) is 0 Å². The summed E-state index contributed by atoms with van der Waals surface area (Å²) < 4.78 is 0. The number of rotatable bonds is 2. The molecule has 0 spiro atoms. The molecule has 1 heterocycles. The second kappa shape index (κ2) is 5.60. The van der Waals surface area contributed by atoms with Crippen LogP contribution in [0.5, 0.6) is 0 Å². The van der Waals surface area contributed by atoms with Crippen LogP contribution in [0.15, 0.2) is 0 Å². The molecular weight excluding hydrogens is 224 g/mol. The molecule has 0 aromatic carbocycles. The van der Waals surface area contributed by atoms with E-state index < -0.39 is 0 Å². The molecule has 2 N–H and O–H groups in total. The van der Waals surface area contributed by atoms with Gasteiger partial charge in [-0.2, -0.15) is 0 Å². The Hall–Kier alpha value is -0.570. The third-order valence-electron chi connectivity index (χ3n) is 5.05. The minimum absolute atomic E-state index is 0.217. The number of hydrogen-bond acceptors (Lipinski definition) is 2. The summed E-state index contributed by atoms with van der Waals surface area (Å²) in [6.45, 7) is 7.66. The molecule has 4 atom stereocenters. The van der Waals surface area contributed by atoms with Crippen LogP contribution < -0.4 is 10.6 Å². The van der Waals surface area contributed by atoms with Gasteiger partial charge in [0.05, 0.1) is 5.54 Å². The van der Waals surface area contributed by atoms with Crippen molar-refractivity contribution in [2.45, 2.75) is 70.9 Å². The summed E-state index contributed by atoms with van der Waals surface area (Å²) in [6, 6.07) is 0.393. The first kappa shape index (κ1) is 13.9. The van der Waals surface area contributed by atoms with Crippen molar-refractivity contribution < 1.29 is 4.79 Å². The molecule has 18 heavy (non-hydrogen) atoms. The Balaban J connectivity index is 1.87. The molecule has 1 saturated heterocycles. The van der Waals surface area contributed by atoms with Crippen LogP contribution in [0.4, 0.5) is 0 Å². The Morgan fingerprint density at radius 2 is 2.00 bits per heavy atom. The van der Waals surface area contributed by atoms with Gasteiger partial charge in [-0.05, 0) is 63.8 Å². The zero-order chi connectivity index (χ0) is 13.2. The summed E-state index contributed by atoms with van der Waals surface area (Å²) in [5, 5.41) is 6.67. The number of hydrogen-bond donors (Lipinski definition) is 2. The summed E-state index contributed by atoms with van der Waals surface area (Å²) in [7, 11) is 0. The van der Waals surface area contributed by atoms with E-state index in [1.165, 1.54) is 12.8 Å². The van der Waals surface area contributed by atoms with Gasteiger partial charge in [0.1, 0.15) is 0 Å². The molecule has 0 radical (unpaired) electrons. The summed E-state index contributed by atoms with van der Waals surface area (Å²) in [5.74, 6) is 1.76. The van der Waals surface area contributed by atoms with E-state index in [1.54, 1.807) is 0 Å². The van der Waals surface area contributed by atoms with E-state index in [2.05, 4.69) is 31.4 Å². The predicted molar refractivity (Wildman–Crippen MR) is 74.4 cm³/mol. The van der Waals surface area contributed by atoms with Crippen LogP contribution in [0.3, 0.4) is 0 Å². The van der Waals surface area contributed by atoms with Gasteiger partial charge in [-0.25, -0.2) is 0 Å². The van der Waals surface area contributed by atoms with Gasteiger partial charge in [0.25, 0.3) is 0 Å². The van der Waals surface area contributed by atoms with Crippen molar-refractivity contribution in [1.82, 2.24) is 10.6 Å². The molecule has 0 aromatic heterocycles. The van der Waals surface area contributed by atoms with Crippen molar-refractivity contribution in [2.75, 3.05) is 6.54 Å². The minimum atomic E-state index is -0.329. The molecule has 104 valence electrons. The fraction of sp³-hybridized carbons (Fsp3) is 0.933. The first-order valence-corrected chi connectivity index (χ1v) is 7.57. The average molecular weight is 252 g/mol. The Kier molecular flexibility index (Phi) is 4.31. The van der Waals surface area contributed by atoms with E-state index in [1.807, 2.05) is 0 Å². The van der Waals surface area contributed by atoms with E-state index in [0.717, 1.165) is 44.1 Å². The van der Waals surface area contributed by atoms with Gasteiger partial charge >= 0.3 is 0 Å². The monoisotopic (exact) mass is 252 g/mol. The highest BCUT2D eigenvalue weighted by molar-refractivity contribution is 5.86. The van der Waals surface area contributed by atoms with Crippen LogP contribution in [-0.2, 0) is 4.79 Å². The van der Waals surface area contributed by atoms with Crippen LogP contribution in [0.2, 0.25) is 0 Å². The fourth-order valence-corrected chi connectivity index (χ4v) is 3.27. The third kappa shape index (κ3) is 3.05. The number of carbonyl (C=O) groups is 1. The third-order valence-corrected chi connectivity index (χ3v) is 5.05. The Labute approximate surface area is 111 Å². The van der Waals surface area contributed by atoms with Crippen molar-refractivity contribution in [3.63, 3.8) is 0 Å². The highest BCUT2D eigenvalue weighted by atomic mass is 16.2. The second-order valence-electron chi connectivity index (χ2n) is 6.65. The minimum Gasteiger partial charge on any atom is -0.352 e. The summed E-state index contributed by atoms with van der Waals surface area (Å²) in [6.07, 6.45) is 6.86. The van der Waals surface area contributed by atoms with E-state index in [0.29, 0.717) is 6.04 Å². The standard InChI is InChI=1S/C15H28N2O/c1-11-6-7-13(10-12(11)2)17-14(18)15(3)8-4-5-9-16-15/h11-13,16H,4-10H2,1-3H3,(H,17,18). The van der Waals surface area contributed by atoms with Crippen LogP contribution >= 0.6 is 0 Å². The fourth-order valence-electron chi connectivity index (χ4n) is 3.27. The van der Waals surface area contributed by atoms with Crippen molar-refractivity contribution in [3.05, 3.63) is 0 Å². The predicted octanol–water partition coefficient (Wildman–Crippen LogP) is 2.46.